The molecule has 1 aromatic carbocycles. The van der Waals surface area contributed by atoms with Crippen LogP contribution in [0.2, 0.25) is 0 Å². The molecule has 7 N–H and O–H groups in total. The quantitative estimate of drug-likeness (QED) is 0.322. The SMILES string of the molecule is NS(=O)c1ccccc1.[NH3+]CCCOc1ccc2ccc(C(=O)NCCC(=O)O)c(=O)n2c1. The molecule has 0 aliphatic heterocycles. The van der Waals surface area contributed by atoms with Crippen LogP contribution in [0.4, 0.5) is 0 Å². The van der Waals surface area contributed by atoms with Crippen LogP contribution < -0.4 is 26.5 Å². The molecule has 3 aromatic rings. The zero-order valence-electron chi connectivity index (χ0n) is 17.9. The number of carbonyl (C=O) groups excluding carboxylic acids is 1. The van der Waals surface area contributed by atoms with E-state index < -0.39 is 28.4 Å². The van der Waals surface area contributed by atoms with Gasteiger partial charge in [0.15, 0.2) is 0 Å². The Morgan fingerprint density at radius 1 is 1.12 bits per heavy atom. The molecule has 0 aliphatic rings. The number of rotatable bonds is 9. The minimum Gasteiger partial charge on any atom is -0.492 e. The summed E-state index contributed by atoms with van der Waals surface area (Å²) in [4.78, 5) is 35.6. The average molecular weight is 476 g/mol. The van der Waals surface area contributed by atoms with Crippen LogP contribution in [0, 0.1) is 0 Å². The summed E-state index contributed by atoms with van der Waals surface area (Å²) in [5, 5.41) is 16.1. The summed E-state index contributed by atoms with van der Waals surface area (Å²) in [5.41, 5.74) is 3.83. The van der Waals surface area contributed by atoms with E-state index in [0.29, 0.717) is 22.8 Å². The Hall–Kier alpha value is -3.54. The highest BCUT2D eigenvalue weighted by atomic mass is 32.2. The topological polar surface area (TPSA) is 168 Å². The zero-order chi connectivity index (χ0) is 24.2. The maximum absolute atomic E-state index is 12.5. The normalized spacial score (nSPS) is 11.2. The second kappa shape index (κ2) is 13.1. The lowest BCUT2D eigenvalue weighted by Crippen LogP contribution is -2.50. The fraction of sp³-hybridized carbons (Fsp3) is 0.227. The van der Waals surface area contributed by atoms with Gasteiger partial charge < -0.3 is 20.9 Å². The van der Waals surface area contributed by atoms with Crippen LogP contribution in [-0.2, 0) is 15.8 Å². The summed E-state index contributed by atoms with van der Waals surface area (Å²) >= 11 is 0. The molecule has 1 atom stereocenters. The van der Waals surface area contributed by atoms with Crippen LogP contribution in [0.3, 0.4) is 0 Å². The maximum atomic E-state index is 12.5. The lowest BCUT2D eigenvalue weighted by atomic mass is 10.2. The molecule has 176 valence electrons. The van der Waals surface area contributed by atoms with E-state index in [2.05, 4.69) is 11.1 Å². The Morgan fingerprint density at radius 2 is 1.82 bits per heavy atom. The number of nitrogens with zero attached hydrogens (tertiary/aromatic N) is 1. The largest absolute Gasteiger partial charge is 0.492 e. The standard InChI is InChI=1S/C16H19N3O5.C6H7NOS/c17-7-1-9-24-12-4-2-11-3-5-13(16(23)19(11)10-12)15(22)18-8-6-14(20)21;7-9(8)6-4-2-1-3-5-6/h2-5,10H,1,6-9,17H2,(H,18,22)(H,20,21);1-5H,7H2/p+1. The van der Waals surface area contributed by atoms with Crippen LogP contribution in [0.25, 0.3) is 5.52 Å². The number of carboxylic acids is 1. The minimum absolute atomic E-state index is 0.0372. The van der Waals surface area contributed by atoms with Gasteiger partial charge in [-0.25, -0.2) is 9.35 Å². The van der Waals surface area contributed by atoms with Crippen molar-refractivity contribution < 1.29 is 29.4 Å². The average Bonchev–Trinajstić information content (AvgIpc) is 2.80. The van der Waals surface area contributed by atoms with E-state index in [1.165, 1.54) is 16.7 Å². The molecule has 10 nitrogen and oxygen atoms in total. The Morgan fingerprint density at radius 3 is 2.42 bits per heavy atom. The first kappa shape index (κ1) is 25.7. The second-order valence-corrected chi connectivity index (χ2v) is 7.84. The number of nitrogens with one attached hydrogen (secondary N) is 1. The number of ether oxygens (including phenoxy) is 1. The summed E-state index contributed by atoms with van der Waals surface area (Å²) < 4.78 is 17.4. The van der Waals surface area contributed by atoms with Gasteiger partial charge in [-0.1, -0.05) is 18.2 Å². The third-order valence-corrected chi connectivity index (χ3v) is 5.07. The molecular formula is C22H27N4O6S+. The Labute approximate surface area is 192 Å². The first-order valence-electron chi connectivity index (χ1n) is 10.1. The Balaban J connectivity index is 0.000000357. The monoisotopic (exact) mass is 475 g/mol. The number of pyridine rings is 2. The molecule has 0 bridgehead atoms. The third-order valence-electron chi connectivity index (χ3n) is 4.33. The lowest BCUT2D eigenvalue weighted by molar-refractivity contribution is -0.368. The van der Waals surface area contributed by atoms with Gasteiger partial charge in [0.1, 0.15) is 22.3 Å². The van der Waals surface area contributed by atoms with Crippen LogP contribution in [0.15, 0.2) is 70.5 Å². The lowest BCUT2D eigenvalue weighted by Gasteiger charge is -2.09. The van der Waals surface area contributed by atoms with Gasteiger partial charge in [-0.3, -0.25) is 18.8 Å². The van der Waals surface area contributed by atoms with Gasteiger partial charge in [-0.15, -0.1) is 0 Å². The molecule has 0 aliphatic carbocycles. The molecule has 11 heteroatoms. The molecule has 33 heavy (non-hydrogen) atoms. The summed E-state index contributed by atoms with van der Waals surface area (Å²) in [6.07, 6.45) is 2.14. The fourth-order valence-corrected chi connectivity index (χ4v) is 3.08. The van der Waals surface area contributed by atoms with E-state index in [9.17, 15) is 18.6 Å². The molecule has 1 amide bonds. The number of amides is 1. The van der Waals surface area contributed by atoms with E-state index >= 15 is 0 Å². The number of carboxylic acid groups (broad SMARTS) is 1. The number of fused-ring (bicyclic) bond motifs is 1. The minimum atomic E-state index is -1.33. The highest BCUT2D eigenvalue weighted by Gasteiger charge is 2.13. The van der Waals surface area contributed by atoms with E-state index in [-0.39, 0.29) is 18.5 Å². The third kappa shape index (κ3) is 8.15. The number of aliphatic carboxylic acids is 1. The number of nitrogens with two attached hydrogens (primary N) is 1. The molecule has 3 rings (SSSR count). The van der Waals surface area contributed by atoms with Crippen molar-refractivity contribution in [3.05, 3.63) is 76.7 Å². The van der Waals surface area contributed by atoms with Gasteiger partial charge in [0.2, 0.25) is 0 Å². The zero-order valence-corrected chi connectivity index (χ0v) is 18.8. The van der Waals surface area contributed by atoms with Gasteiger partial charge in [0.05, 0.1) is 30.7 Å². The summed E-state index contributed by atoms with van der Waals surface area (Å²) in [6, 6.07) is 15.5. The van der Waals surface area contributed by atoms with Crippen molar-refractivity contribution in [3.63, 3.8) is 0 Å². The van der Waals surface area contributed by atoms with Gasteiger partial charge in [0, 0.05) is 18.5 Å². The van der Waals surface area contributed by atoms with Gasteiger partial charge in [-0.05, 0) is 36.4 Å². The van der Waals surface area contributed by atoms with Crippen molar-refractivity contribution in [1.29, 1.82) is 0 Å². The second-order valence-electron chi connectivity index (χ2n) is 6.78. The predicted molar refractivity (Wildman–Crippen MR) is 123 cm³/mol. The molecule has 0 fully saturated rings. The van der Waals surface area contributed by atoms with E-state index in [1.54, 1.807) is 42.5 Å². The summed E-state index contributed by atoms with van der Waals surface area (Å²) in [6.45, 7) is 1.22. The van der Waals surface area contributed by atoms with Crippen LogP contribution >= 0.6 is 0 Å². The van der Waals surface area contributed by atoms with Gasteiger partial charge >= 0.3 is 5.97 Å². The molecule has 0 saturated carbocycles. The van der Waals surface area contributed by atoms with E-state index in [1.807, 2.05) is 6.07 Å². The first-order chi connectivity index (χ1) is 15.8. The number of aromatic nitrogens is 1. The van der Waals surface area contributed by atoms with Gasteiger partial charge in [0.25, 0.3) is 11.5 Å². The number of hydrogen-bond donors (Lipinski definition) is 4. The molecular weight excluding hydrogens is 448 g/mol. The van der Waals surface area contributed by atoms with Gasteiger partial charge in [-0.2, -0.15) is 0 Å². The molecule has 2 heterocycles. The van der Waals surface area contributed by atoms with Crippen LogP contribution in [0.1, 0.15) is 23.2 Å². The number of quaternary nitrogens is 1. The summed E-state index contributed by atoms with van der Waals surface area (Å²) in [5.74, 6) is -1.09. The highest BCUT2D eigenvalue weighted by molar-refractivity contribution is 7.82. The Bertz CT molecular complexity index is 1170. The molecule has 0 saturated heterocycles. The maximum Gasteiger partial charge on any atom is 0.305 e. The van der Waals surface area contributed by atoms with Crippen molar-refractivity contribution >= 4 is 28.4 Å². The van der Waals surface area contributed by atoms with Crippen LogP contribution in [-0.4, -0.2) is 45.3 Å². The number of benzene rings is 1. The van der Waals surface area contributed by atoms with Crippen molar-refractivity contribution in [2.45, 2.75) is 17.7 Å². The van der Waals surface area contributed by atoms with Crippen molar-refractivity contribution in [3.8, 4) is 5.75 Å². The first-order valence-corrected chi connectivity index (χ1v) is 11.3. The molecule has 1 unspecified atom stereocenters. The van der Waals surface area contributed by atoms with E-state index in [4.69, 9.17) is 15.0 Å². The highest BCUT2D eigenvalue weighted by Crippen LogP contribution is 2.12. The molecule has 0 spiro atoms. The van der Waals surface area contributed by atoms with E-state index in [0.717, 1.165) is 13.0 Å². The molecule has 2 aromatic heterocycles. The predicted octanol–water partition coefficient (Wildman–Crippen LogP) is 0.183. The fourth-order valence-electron chi connectivity index (χ4n) is 2.66. The number of carbonyl (C=O) groups is 2. The Kier molecular flexibility index (Phi) is 10.2. The smallest absolute Gasteiger partial charge is 0.305 e. The van der Waals surface area contributed by atoms with Crippen molar-refractivity contribution in [1.82, 2.24) is 9.72 Å². The summed E-state index contributed by atoms with van der Waals surface area (Å²) in [7, 11) is -1.33. The number of hydrogen-bond acceptors (Lipinski definition) is 5. The molecule has 0 radical (unpaired) electrons. The van der Waals surface area contributed by atoms with Crippen molar-refractivity contribution in [2.24, 2.45) is 5.14 Å². The van der Waals surface area contributed by atoms with Crippen molar-refractivity contribution in [2.75, 3.05) is 19.7 Å². The van der Waals surface area contributed by atoms with Crippen LogP contribution in [0.5, 0.6) is 5.75 Å².